The van der Waals surface area contributed by atoms with Crippen LogP contribution < -0.4 is 10.1 Å². The lowest BCUT2D eigenvalue weighted by Crippen LogP contribution is -2.44. The Balaban J connectivity index is 1.26. The van der Waals surface area contributed by atoms with Gasteiger partial charge in [0.15, 0.2) is 0 Å². The van der Waals surface area contributed by atoms with Gasteiger partial charge < -0.3 is 19.9 Å². The maximum Gasteiger partial charge on any atom is 0.254 e. The number of benzene rings is 2. The Kier molecular flexibility index (Phi) is 5.79. The first-order chi connectivity index (χ1) is 16.1. The molecule has 0 spiro atoms. The molecule has 172 valence electrons. The molecule has 1 aliphatic carbocycles. The minimum absolute atomic E-state index is 0.0105. The quantitative estimate of drug-likeness (QED) is 0.708. The minimum Gasteiger partial charge on any atom is -0.497 e. The highest BCUT2D eigenvalue weighted by Gasteiger charge is 2.49. The predicted molar refractivity (Wildman–Crippen MR) is 123 cm³/mol. The number of carbonyl (C=O) groups is 3. The summed E-state index contributed by atoms with van der Waals surface area (Å²) in [5, 5.41) is 3.00. The molecule has 2 unspecified atom stereocenters. The summed E-state index contributed by atoms with van der Waals surface area (Å²) in [5.74, 6) is 0.169. The van der Waals surface area contributed by atoms with E-state index in [0.717, 1.165) is 36.0 Å². The zero-order valence-corrected chi connectivity index (χ0v) is 18.8. The van der Waals surface area contributed by atoms with Crippen LogP contribution in [-0.2, 0) is 16.0 Å². The van der Waals surface area contributed by atoms with E-state index in [1.54, 1.807) is 12.0 Å². The Morgan fingerprint density at radius 3 is 2.73 bits per heavy atom. The van der Waals surface area contributed by atoms with E-state index >= 15 is 0 Å². The summed E-state index contributed by atoms with van der Waals surface area (Å²) < 4.78 is 5.37. The van der Waals surface area contributed by atoms with Gasteiger partial charge in [0.1, 0.15) is 5.75 Å². The smallest absolute Gasteiger partial charge is 0.254 e. The predicted octanol–water partition coefficient (Wildman–Crippen LogP) is 2.56. The zero-order chi connectivity index (χ0) is 22.9. The van der Waals surface area contributed by atoms with E-state index in [9.17, 15) is 14.4 Å². The van der Waals surface area contributed by atoms with Crippen molar-refractivity contribution in [2.75, 3.05) is 26.7 Å². The molecule has 7 heteroatoms. The number of carbonyl (C=O) groups excluding carboxylic acids is 3. The van der Waals surface area contributed by atoms with Gasteiger partial charge in [-0.25, -0.2) is 0 Å². The number of nitrogens with one attached hydrogen (secondary N) is 1. The van der Waals surface area contributed by atoms with Crippen molar-refractivity contribution < 1.29 is 19.1 Å². The number of rotatable bonds is 7. The molecule has 0 bridgehead atoms. The van der Waals surface area contributed by atoms with Gasteiger partial charge in [-0.2, -0.15) is 0 Å². The second-order valence-corrected chi connectivity index (χ2v) is 9.05. The first kappa shape index (κ1) is 21.5. The van der Waals surface area contributed by atoms with Crippen LogP contribution in [0.2, 0.25) is 0 Å². The van der Waals surface area contributed by atoms with Crippen LogP contribution in [0.1, 0.15) is 46.8 Å². The van der Waals surface area contributed by atoms with Crippen molar-refractivity contribution in [1.82, 2.24) is 15.1 Å². The lowest BCUT2D eigenvalue weighted by atomic mass is 9.92. The Hall–Kier alpha value is -3.35. The van der Waals surface area contributed by atoms with Crippen molar-refractivity contribution in [2.45, 2.75) is 37.8 Å². The molecule has 2 atom stereocenters. The van der Waals surface area contributed by atoms with Crippen LogP contribution in [0.3, 0.4) is 0 Å². The van der Waals surface area contributed by atoms with Crippen molar-refractivity contribution in [3.05, 3.63) is 65.2 Å². The topological polar surface area (TPSA) is 79.0 Å². The Morgan fingerprint density at radius 2 is 1.94 bits per heavy atom. The molecular formula is C26H29N3O4. The summed E-state index contributed by atoms with van der Waals surface area (Å²) in [6.07, 6.45) is 3.00. The monoisotopic (exact) mass is 447 g/mol. The average molecular weight is 448 g/mol. The number of hydrogen-bond acceptors (Lipinski definition) is 4. The number of nitrogens with zero attached hydrogens (tertiary/aromatic N) is 2. The molecule has 1 N–H and O–H groups in total. The van der Waals surface area contributed by atoms with E-state index in [2.05, 4.69) is 5.32 Å². The van der Waals surface area contributed by atoms with Crippen molar-refractivity contribution in [3.8, 4) is 5.75 Å². The normalized spacial score (nSPS) is 22.3. The first-order valence-corrected chi connectivity index (χ1v) is 11.7. The number of hydrogen-bond donors (Lipinski definition) is 1. The fourth-order valence-corrected chi connectivity index (χ4v) is 5.12. The van der Waals surface area contributed by atoms with E-state index < -0.39 is 5.92 Å². The first-order valence-electron chi connectivity index (χ1n) is 11.7. The standard InChI is InChI=1S/C26H29N3O4/c1-33-20-7-4-6-18(15-20)24-22(16-23(30)29(24)19-9-10-19)25(31)27-12-14-28-13-11-17-5-2-3-8-21(17)26(28)32/h2-8,15,19,22,24H,9-14,16H2,1H3,(H,27,31). The number of ether oxygens (including phenoxy) is 1. The minimum atomic E-state index is -0.456. The van der Waals surface area contributed by atoms with Gasteiger partial charge in [-0.15, -0.1) is 0 Å². The largest absolute Gasteiger partial charge is 0.497 e. The molecule has 7 nitrogen and oxygen atoms in total. The number of likely N-dealkylation sites (tertiary alicyclic amines) is 1. The number of fused-ring (bicyclic) bond motifs is 1. The van der Waals surface area contributed by atoms with Crippen LogP contribution in [0.15, 0.2) is 48.5 Å². The average Bonchev–Trinajstić information content (AvgIpc) is 3.62. The molecule has 2 aliphatic heterocycles. The van der Waals surface area contributed by atoms with Crippen LogP contribution in [0.25, 0.3) is 0 Å². The van der Waals surface area contributed by atoms with Crippen molar-refractivity contribution >= 4 is 17.7 Å². The van der Waals surface area contributed by atoms with Gasteiger partial charge in [-0.3, -0.25) is 14.4 Å². The highest BCUT2D eigenvalue weighted by atomic mass is 16.5. The summed E-state index contributed by atoms with van der Waals surface area (Å²) in [6.45, 7) is 1.47. The molecule has 0 radical (unpaired) electrons. The van der Waals surface area contributed by atoms with Crippen LogP contribution >= 0.6 is 0 Å². The van der Waals surface area contributed by atoms with Crippen LogP contribution in [0, 0.1) is 5.92 Å². The molecule has 2 aromatic carbocycles. The van der Waals surface area contributed by atoms with Gasteiger partial charge in [0.25, 0.3) is 5.91 Å². The van der Waals surface area contributed by atoms with E-state index in [1.807, 2.05) is 53.4 Å². The third-order valence-corrected chi connectivity index (χ3v) is 6.94. The maximum atomic E-state index is 13.2. The van der Waals surface area contributed by atoms with Gasteiger partial charge in [0.05, 0.1) is 19.1 Å². The fourth-order valence-electron chi connectivity index (χ4n) is 5.12. The summed E-state index contributed by atoms with van der Waals surface area (Å²) in [6, 6.07) is 15.3. The maximum absolute atomic E-state index is 13.2. The van der Waals surface area contributed by atoms with Gasteiger partial charge >= 0.3 is 0 Å². The molecule has 2 aromatic rings. The Labute approximate surface area is 193 Å². The molecule has 5 rings (SSSR count). The van der Waals surface area contributed by atoms with Crippen LogP contribution in [-0.4, -0.2) is 60.3 Å². The lowest BCUT2D eigenvalue weighted by molar-refractivity contribution is -0.129. The van der Waals surface area contributed by atoms with Crippen molar-refractivity contribution in [3.63, 3.8) is 0 Å². The van der Waals surface area contributed by atoms with Crippen LogP contribution in [0.5, 0.6) is 5.75 Å². The molecule has 2 fully saturated rings. The molecule has 0 aromatic heterocycles. The molecule has 2 heterocycles. The van der Waals surface area contributed by atoms with E-state index in [4.69, 9.17) is 4.74 Å². The highest BCUT2D eigenvalue weighted by molar-refractivity contribution is 5.96. The summed E-state index contributed by atoms with van der Waals surface area (Å²) in [4.78, 5) is 42.5. The Bertz CT molecular complexity index is 1080. The lowest BCUT2D eigenvalue weighted by Gasteiger charge is -2.30. The number of methoxy groups -OCH3 is 1. The highest BCUT2D eigenvalue weighted by Crippen LogP contribution is 2.45. The third kappa shape index (κ3) is 4.19. The molecule has 1 saturated heterocycles. The SMILES string of the molecule is COc1cccc(C2C(C(=O)NCCN3CCc4ccccc4C3=O)CC(=O)N2C2CC2)c1. The van der Waals surface area contributed by atoms with Gasteiger partial charge in [-0.05, 0) is 48.6 Å². The van der Waals surface area contributed by atoms with Gasteiger partial charge in [-0.1, -0.05) is 30.3 Å². The van der Waals surface area contributed by atoms with E-state index in [1.165, 1.54) is 0 Å². The third-order valence-electron chi connectivity index (χ3n) is 6.94. The molecular weight excluding hydrogens is 418 g/mol. The van der Waals surface area contributed by atoms with Crippen molar-refractivity contribution in [2.24, 2.45) is 5.92 Å². The summed E-state index contributed by atoms with van der Waals surface area (Å²) in [5.41, 5.74) is 2.75. The summed E-state index contributed by atoms with van der Waals surface area (Å²) in [7, 11) is 1.61. The van der Waals surface area contributed by atoms with Crippen LogP contribution in [0.4, 0.5) is 0 Å². The van der Waals surface area contributed by atoms with Crippen molar-refractivity contribution in [1.29, 1.82) is 0 Å². The molecule has 33 heavy (non-hydrogen) atoms. The van der Waals surface area contributed by atoms with Gasteiger partial charge in [0, 0.05) is 37.7 Å². The molecule has 3 amide bonds. The Morgan fingerprint density at radius 1 is 1.12 bits per heavy atom. The molecule has 3 aliphatic rings. The van der Waals surface area contributed by atoms with E-state index in [-0.39, 0.29) is 36.2 Å². The second-order valence-electron chi connectivity index (χ2n) is 9.05. The van der Waals surface area contributed by atoms with E-state index in [0.29, 0.717) is 25.4 Å². The van der Waals surface area contributed by atoms with Gasteiger partial charge in [0.2, 0.25) is 11.8 Å². The summed E-state index contributed by atoms with van der Waals surface area (Å²) >= 11 is 0. The second kappa shape index (κ2) is 8.89. The fraction of sp³-hybridized carbons (Fsp3) is 0.423. The molecule has 1 saturated carbocycles. The number of amides is 3. The zero-order valence-electron chi connectivity index (χ0n) is 18.8.